The van der Waals surface area contributed by atoms with Crippen molar-refractivity contribution in [1.82, 2.24) is 4.90 Å². The summed E-state index contributed by atoms with van der Waals surface area (Å²) in [5.74, 6) is 1.57. The van der Waals surface area contributed by atoms with Gasteiger partial charge < -0.3 is 19.3 Å². The van der Waals surface area contributed by atoms with Gasteiger partial charge in [0.1, 0.15) is 0 Å². The minimum absolute atomic E-state index is 0.0329. The van der Waals surface area contributed by atoms with Crippen LogP contribution in [0, 0.1) is 0 Å². The summed E-state index contributed by atoms with van der Waals surface area (Å²) in [7, 11) is 0. The van der Waals surface area contributed by atoms with Gasteiger partial charge >= 0.3 is 0 Å². The van der Waals surface area contributed by atoms with Gasteiger partial charge in [-0.3, -0.25) is 9.59 Å². The number of ether oxygens (including phenoxy) is 2. The smallest absolute Gasteiger partial charge is 0.254 e. The van der Waals surface area contributed by atoms with Crippen LogP contribution in [0.1, 0.15) is 35.7 Å². The zero-order valence-corrected chi connectivity index (χ0v) is 15.3. The van der Waals surface area contributed by atoms with Gasteiger partial charge in [-0.1, -0.05) is 6.07 Å². The van der Waals surface area contributed by atoms with Crippen LogP contribution in [0.5, 0.6) is 11.5 Å². The second kappa shape index (κ2) is 7.31. The first-order valence-corrected chi connectivity index (χ1v) is 9.24. The first-order valence-electron chi connectivity index (χ1n) is 9.24. The molecule has 0 aliphatic carbocycles. The molecule has 4 rings (SSSR count). The number of carbonyl (C=O) groups excluding carboxylic acids is 2. The molecule has 2 aromatic carbocycles. The van der Waals surface area contributed by atoms with Gasteiger partial charge in [0.15, 0.2) is 11.5 Å². The summed E-state index contributed by atoms with van der Waals surface area (Å²) in [5.41, 5.74) is 2.47. The summed E-state index contributed by atoms with van der Waals surface area (Å²) in [6.45, 7) is 4.04. The quantitative estimate of drug-likeness (QED) is 0.815. The van der Waals surface area contributed by atoms with Gasteiger partial charge in [-0.2, -0.15) is 0 Å². The average molecular weight is 366 g/mol. The zero-order chi connectivity index (χ0) is 18.8. The van der Waals surface area contributed by atoms with E-state index in [-0.39, 0.29) is 18.6 Å². The number of carbonyl (C=O) groups is 2. The molecule has 0 aromatic heterocycles. The van der Waals surface area contributed by atoms with Crippen LogP contribution in [0.25, 0.3) is 0 Å². The van der Waals surface area contributed by atoms with Crippen molar-refractivity contribution < 1.29 is 19.1 Å². The molecular weight excluding hydrogens is 344 g/mol. The molecule has 6 heteroatoms. The van der Waals surface area contributed by atoms with Crippen LogP contribution < -0.4 is 14.4 Å². The lowest BCUT2D eigenvalue weighted by atomic mass is 10.1. The van der Waals surface area contributed by atoms with Crippen LogP contribution in [-0.2, 0) is 11.3 Å². The maximum atomic E-state index is 12.9. The monoisotopic (exact) mass is 366 g/mol. The normalized spacial score (nSPS) is 15.3. The Labute approximate surface area is 158 Å². The molecular formula is C21H22N2O4. The molecule has 0 N–H and O–H groups in total. The van der Waals surface area contributed by atoms with Crippen molar-refractivity contribution in [1.29, 1.82) is 0 Å². The third kappa shape index (κ3) is 3.47. The Kier molecular flexibility index (Phi) is 4.71. The number of hydrogen-bond donors (Lipinski definition) is 0. The van der Waals surface area contributed by atoms with Crippen molar-refractivity contribution in [3.63, 3.8) is 0 Å². The van der Waals surface area contributed by atoms with E-state index >= 15 is 0 Å². The Hall–Kier alpha value is -3.02. The molecule has 0 unspecified atom stereocenters. The van der Waals surface area contributed by atoms with Gasteiger partial charge in [0.2, 0.25) is 12.7 Å². The van der Waals surface area contributed by atoms with Crippen molar-refractivity contribution in [2.75, 3.05) is 24.8 Å². The molecule has 27 heavy (non-hydrogen) atoms. The fourth-order valence-electron chi connectivity index (χ4n) is 3.47. The number of hydrogen-bond acceptors (Lipinski definition) is 4. The Morgan fingerprint density at radius 2 is 1.89 bits per heavy atom. The first kappa shape index (κ1) is 17.4. The lowest BCUT2D eigenvalue weighted by Gasteiger charge is -2.22. The lowest BCUT2D eigenvalue weighted by molar-refractivity contribution is -0.117. The predicted octanol–water partition coefficient (Wildman–Crippen LogP) is 3.20. The fraction of sp³-hybridized carbons (Fsp3) is 0.333. The molecule has 0 bridgehead atoms. The molecule has 1 saturated heterocycles. The van der Waals surface area contributed by atoms with E-state index in [9.17, 15) is 9.59 Å². The molecule has 2 aliphatic heterocycles. The van der Waals surface area contributed by atoms with E-state index in [0.29, 0.717) is 25.1 Å². The third-order valence-electron chi connectivity index (χ3n) is 4.98. The van der Waals surface area contributed by atoms with Crippen molar-refractivity contribution in [2.24, 2.45) is 0 Å². The second-order valence-corrected chi connectivity index (χ2v) is 6.70. The average Bonchev–Trinajstić information content (AvgIpc) is 3.34. The highest BCUT2D eigenvalue weighted by Crippen LogP contribution is 2.33. The maximum absolute atomic E-state index is 12.9. The van der Waals surface area contributed by atoms with Gasteiger partial charge in [0, 0.05) is 37.3 Å². The van der Waals surface area contributed by atoms with Crippen molar-refractivity contribution in [2.45, 2.75) is 26.3 Å². The van der Waals surface area contributed by atoms with Crippen molar-refractivity contribution in [3.8, 4) is 11.5 Å². The standard InChI is InChI=1S/C21H22N2O4/c1-2-22(13-15-5-10-18-19(12-15)27-14-26-18)21(25)16-6-8-17(9-7-16)23-11-3-4-20(23)24/h5-10,12H,2-4,11,13-14H2,1H3. The van der Waals surface area contributed by atoms with E-state index in [4.69, 9.17) is 9.47 Å². The van der Waals surface area contributed by atoms with E-state index in [1.807, 2.05) is 37.3 Å². The molecule has 6 nitrogen and oxygen atoms in total. The number of fused-ring (bicyclic) bond motifs is 1. The minimum atomic E-state index is -0.0329. The van der Waals surface area contributed by atoms with Crippen molar-refractivity contribution >= 4 is 17.5 Å². The van der Waals surface area contributed by atoms with E-state index in [1.165, 1.54) is 0 Å². The molecule has 0 spiro atoms. The number of amides is 2. The molecule has 1 fully saturated rings. The van der Waals surface area contributed by atoms with Crippen LogP contribution >= 0.6 is 0 Å². The summed E-state index contributed by atoms with van der Waals surface area (Å²) in [6.07, 6.45) is 1.48. The van der Waals surface area contributed by atoms with Gasteiger partial charge in [0.05, 0.1) is 0 Å². The van der Waals surface area contributed by atoms with Gasteiger partial charge in [-0.05, 0) is 55.3 Å². The summed E-state index contributed by atoms with van der Waals surface area (Å²) < 4.78 is 10.7. The number of anilines is 1. The molecule has 0 atom stereocenters. The van der Waals surface area contributed by atoms with E-state index in [0.717, 1.165) is 35.7 Å². The summed E-state index contributed by atoms with van der Waals surface area (Å²) in [4.78, 5) is 28.3. The maximum Gasteiger partial charge on any atom is 0.254 e. The molecule has 0 radical (unpaired) electrons. The summed E-state index contributed by atoms with van der Waals surface area (Å²) in [6, 6.07) is 13.0. The number of rotatable bonds is 5. The van der Waals surface area contributed by atoms with Gasteiger partial charge in [0.25, 0.3) is 5.91 Å². The van der Waals surface area contributed by atoms with Crippen LogP contribution in [0.4, 0.5) is 5.69 Å². The molecule has 2 heterocycles. The largest absolute Gasteiger partial charge is 0.454 e. The van der Waals surface area contributed by atoms with E-state index < -0.39 is 0 Å². The number of nitrogens with zero attached hydrogens (tertiary/aromatic N) is 2. The first-order chi connectivity index (χ1) is 13.2. The van der Waals surface area contributed by atoms with Gasteiger partial charge in [-0.15, -0.1) is 0 Å². The lowest BCUT2D eigenvalue weighted by Crippen LogP contribution is -2.30. The fourth-order valence-corrected chi connectivity index (χ4v) is 3.47. The SMILES string of the molecule is CCN(Cc1ccc2c(c1)OCO2)C(=O)c1ccc(N2CCCC2=O)cc1. The summed E-state index contributed by atoms with van der Waals surface area (Å²) in [5, 5.41) is 0. The molecule has 0 saturated carbocycles. The van der Waals surface area contributed by atoms with Crippen LogP contribution in [-0.4, -0.2) is 36.6 Å². The molecule has 2 aliphatic rings. The topological polar surface area (TPSA) is 59.1 Å². The highest BCUT2D eigenvalue weighted by molar-refractivity contribution is 5.97. The molecule has 140 valence electrons. The second-order valence-electron chi connectivity index (χ2n) is 6.70. The molecule has 2 amide bonds. The Morgan fingerprint density at radius 3 is 2.59 bits per heavy atom. The Balaban J connectivity index is 1.47. The summed E-state index contributed by atoms with van der Waals surface area (Å²) >= 11 is 0. The Bertz CT molecular complexity index is 863. The van der Waals surface area contributed by atoms with Crippen molar-refractivity contribution in [3.05, 3.63) is 53.6 Å². The van der Waals surface area contributed by atoms with Crippen LogP contribution in [0.2, 0.25) is 0 Å². The zero-order valence-electron chi connectivity index (χ0n) is 15.3. The van der Waals surface area contributed by atoms with Gasteiger partial charge in [-0.25, -0.2) is 0 Å². The van der Waals surface area contributed by atoms with E-state index in [2.05, 4.69) is 0 Å². The third-order valence-corrected chi connectivity index (χ3v) is 4.98. The van der Waals surface area contributed by atoms with Crippen LogP contribution in [0.15, 0.2) is 42.5 Å². The molecule has 2 aromatic rings. The van der Waals surface area contributed by atoms with E-state index in [1.54, 1.807) is 21.9 Å². The Morgan fingerprint density at radius 1 is 1.11 bits per heavy atom. The minimum Gasteiger partial charge on any atom is -0.454 e. The van der Waals surface area contributed by atoms with Crippen LogP contribution in [0.3, 0.4) is 0 Å². The highest BCUT2D eigenvalue weighted by Gasteiger charge is 2.22. The highest BCUT2D eigenvalue weighted by atomic mass is 16.7. The predicted molar refractivity (Wildman–Crippen MR) is 101 cm³/mol. The number of benzene rings is 2.